The van der Waals surface area contributed by atoms with Crippen molar-refractivity contribution in [2.75, 3.05) is 0 Å². The van der Waals surface area contributed by atoms with Gasteiger partial charge in [0.15, 0.2) is 0 Å². The molecule has 4 rings (SSSR count). The van der Waals surface area contributed by atoms with Gasteiger partial charge in [0.05, 0.1) is 9.79 Å². The summed E-state index contributed by atoms with van der Waals surface area (Å²) in [6.07, 6.45) is 0.851. The SMILES string of the molecule is Cc1ccc(S(=O)(=O)c2ccc3c(c2)Sc2ccccc2C3)cc1. The highest BCUT2D eigenvalue weighted by Gasteiger charge is 2.22. The van der Waals surface area contributed by atoms with Gasteiger partial charge in [0.2, 0.25) is 9.84 Å². The Morgan fingerprint density at radius 2 is 1.46 bits per heavy atom. The van der Waals surface area contributed by atoms with Crippen LogP contribution in [0.1, 0.15) is 16.7 Å². The van der Waals surface area contributed by atoms with Gasteiger partial charge in [-0.1, -0.05) is 53.7 Å². The molecule has 0 amide bonds. The Labute approximate surface area is 146 Å². The third-order valence-electron chi connectivity index (χ3n) is 4.25. The molecule has 0 spiro atoms. The van der Waals surface area contributed by atoms with Gasteiger partial charge in [0.25, 0.3) is 0 Å². The molecule has 4 heteroatoms. The molecule has 0 N–H and O–H groups in total. The van der Waals surface area contributed by atoms with Crippen LogP contribution in [-0.2, 0) is 16.3 Å². The van der Waals surface area contributed by atoms with Crippen molar-refractivity contribution in [1.29, 1.82) is 0 Å². The maximum atomic E-state index is 12.9. The fraction of sp³-hybridized carbons (Fsp3) is 0.100. The number of benzene rings is 3. The molecule has 0 aliphatic carbocycles. The Kier molecular flexibility index (Phi) is 3.74. The van der Waals surface area contributed by atoms with Crippen molar-refractivity contribution < 1.29 is 8.42 Å². The molecule has 24 heavy (non-hydrogen) atoms. The van der Waals surface area contributed by atoms with Gasteiger partial charge in [0, 0.05) is 9.79 Å². The lowest BCUT2D eigenvalue weighted by Crippen LogP contribution is -2.05. The first-order valence-electron chi connectivity index (χ1n) is 7.74. The number of fused-ring (bicyclic) bond motifs is 2. The fourth-order valence-electron chi connectivity index (χ4n) is 2.87. The van der Waals surface area contributed by atoms with Gasteiger partial charge >= 0.3 is 0 Å². The molecule has 3 aromatic rings. The van der Waals surface area contributed by atoms with Gasteiger partial charge in [0.1, 0.15) is 0 Å². The molecule has 3 aromatic carbocycles. The van der Waals surface area contributed by atoms with Crippen molar-refractivity contribution in [3.05, 3.63) is 83.4 Å². The Morgan fingerprint density at radius 1 is 0.792 bits per heavy atom. The molecule has 1 aliphatic heterocycles. The number of hydrogen-bond donors (Lipinski definition) is 0. The van der Waals surface area contributed by atoms with E-state index in [1.54, 1.807) is 30.0 Å². The van der Waals surface area contributed by atoms with Gasteiger partial charge < -0.3 is 0 Å². The van der Waals surface area contributed by atoms with Crippen LogP contribution < -0.4 is 0 Å². The molecule has 1 aliphatic rings. The van der Waals surface area contributed by atoms with Gasteiger partial charge in [-0.15, -0.1) is 0 Å². The van der Waals surface area contributed by atoms with E-state index in [4.69, 9.17) is 0 Å². The second-order valence-electron chi connectivity index (χ2n) is 5.97. The first kappa shape index (κ1) is 15.5. The predicted molar refractivity (Wildman–Crippen MR) is 96.4 cm³/mol. The monoisotopic (exact) mass is 352 g/mol. The van der Waals surface area contributed by atoms with Crippen LogP contribution in [-0.4, -0.2) is 8.42 Å². The third-order valence-corrected chi connectivity index (χ3v) is 7.24. The molecular weight excluding hydrogens is 336 g/mol. The van der Waals surface area contributed by atoms with Crippen molar-refractivity contribution in [2.24, 2.45) is 0 Å². The van der Waals surface area contributed by atoms with E-state index in [1.165, 1.54) is 16.0 Å². The smallest absolute Gasteiger partial charge is 0.206 e. The standard InChI is InChI=1S/C20H16O2S2/c1-14-6-9-17(10-7-14)24(21,22)18-11-8-16-12-15-4-2-3-5-19(15)23-20(16)13-18/h2-11,13H,12H2,1H3. The summed E-state index contributed by atoms with van der Waals surface area (Å²) in [7, 11) is -3.48. The average Bonchev–Trinajstić information content (AvgIpc) is 2.59. The normalized spacial score (nSPS) is 13.2. The summed E-state index contributed by atoms with van der Waals surface area (Å²) in [4.78, 5) is 2.93. The topological polar surface area (TPSA) is 34.1 Å². The summed E-state index contributed by atoms with van der Waals surface area (Å²) < 4.78 is 25.7. The lowest BCUT2D eigenvalue weighted by molar-refractivity contribution is 0.596. The number of hydrogen-bond acceptors (Lipinski definition) is 3. The zero-order chi connectivity index (χ0) is 16.7. The maximum Gasteiger partial charge on any atom is 0.206 e. The molecular formula is C20H16O2S2. The highest BCUT2D eigenvalue weighted by molar-refractivity contribution is 7.99. The van der Waals surface area contributed by atoms with Gasteiger partial charge in [-0.2, -0.15) is 0 Å². The van der Waals surface area contributed by atoms with Crippen molar-refractivity contribution in [3.8, 4) is 0 Å². The molecule has 0 radical (unpaired) electrons. The molecule has 2 nitrogen and oxygen atoms in total. The first-order valence-corrected chi connectivity index (χ1v) is 10.0. The second kappa shape index (κ2) is 5.80. The quantitative estimate of drug-likeness (QED) is 0.515. The summed E-state index contributed by atoms with van der Waals surface area (Å²) in [5.41, 5.74) is 3.53. The summed E-state index contributed by atoms with van der Waals surface area (Å²) in [6.45, 7) is 1.95. The van der Waals surface area contributed by atoms with E-state index in [1.807, 2.05) is 43.3 Å². The average molecular weight is 352 g/mol. The highest BCUT2D eigenvalue weighted by Crippen LogP contribution is 2.40. The Hall–Kier alpha value is -2.04. The van der Waals surface area contributed by atoms with Gasteiger partial charge in [-0.3, -0.25) is 0 Å². The molecule has 0 saturated carbocycles. The van der Waals surface area contributed by atoms with E-state index in [2.05, 4.69) is 12.1 Å². The molecule has 1 heterocycles. The van der Waals surface area contributed by atoms with E-state index >= 15 is 0 Å². The lowest BCUT2D eigenvalue weighted by atomic mass is 10.0. The number of rotatable bonds is 2. The van der Waals surface area contributed by atoms with E-state index in [9.17, 15) is 8.42 Å². The number of sulfone groups is 1. The van der Waals surface area contributed by atoms with Crippen LogP contribution in [0.2, 0.25) is 0 Å². The van der Waals surface area contributed by atoms with E-state index in [-0.39, 0.29) is 0 Å². The van der Waals surface area contributed by atoms with Crippen LogP contribution in [0.3, 0.4) is 0 Å². The minimum atomic E-state index is -3.48. The van der Waals surface area contributed by atoms with Crippen LogP contribution in [0.25, 0.3) is 0 Å². The molecule has 0 bridgehead atoms. The van der Waals surface area contributed by atoms with E-state index in [0.717, 1.165) is 16.9 Å². The van der Waals surface area contributed by atoms with Crippen LogP contribution in [0.5, 0.6) is 0 Å². The second-order valence-corrected chi connectivity index (χ2v) is 9.01. The van der Waals surface area contributed by atoms with Gasteiger partial charge in [-0.25, -0.2) is 8.42 Å². The lowest BCUT2D eigenvalue weighted by Gasteiger charge is -2.19. The zero-order valence-corrected chi connectivity index (χ0v) is 14.8. The molecule has 0 saturated heterocycles. The number of aryl methyl sites for hydroxylation is 1. The van der Waals surface area contributed by atoms with E-state index in [0.29, 0.717) is 9.79 Å². The molecule has 0 aromatic heterocycles. The van der Waals surface area contributed by atoms with Crippen molar-refractivity contribution >= 4 is 21.6 Å². The molecule has 0 unspecified atom stereocenters. The summed E-state index contributed by atoms with van der Waals surface area (Å²) >= 11 is 1.65. The predicted octanol–water partition coefficient (Wildman–Crippen LogP) is 4.88. The highest BCUT2D eigenvalue weighted by atomic mass is 32.2. The molecule has 120 valence electrons. The first-order chi connectivity index (χ1) is 11.5. The fourth-order valence-corrected chi connectivity index (χ4v) is 5.34. The Balaban J connectivity index is 1.75. The largest absolute Gasteiger partial charge is 0.219 e. The van der Waals surface area contributed by atoms with Crippen molar-refractivity contribution in [1.82, 2.24) is 0 Å². The van der Waals surface area contributed by atoms with Crippen LogP contribution in [0.4, 0.5) is 0 Å². The summed E-state index contributed by atoms with van der Waals surface area (Å²) in [6, 6.07) is 20.8. The maximum absolute atomic E-state index is 12.9. The van der Waals surface area contributed by atoms with E-state index < -0.39 is 9.84 Å². The van der Waals surface area contributed by atoms with Crippen molar-refractivity contribution in [3.63, 3.8) is 0 Å². The summed E-state index contributed by atoms with van der Waals surface area (Å²) in [5, 5.41) is 0. The Bertz CT molecular complexity index is 1020. The Morgan fingerprint density at radius 3 is 2.25 bits per heavy atom. The van der Waals surface area contributed by atoms with Crippen molar-refractivity contribution in [2.45, 2.75) is 32.9 Å². The van der Waals surface area contributed by atoms with Crippen LogP contribution in [0, 0.1) is 6.92 Å². The van der Waals surface area contributed by atoms with Crippen LogP contribution in [0.15, 0.2) is 86.3 Å². The molecule has 0 atom stereocenters. The van der Waals surface area contributed by atoms with Gasteiger partial charge in [-0.05, 0) is 54.8 Å². The molecule has 0 fully saturated rings. The summed E-state index contributed by atoms with van der Waals surface area (Å²) in [5.74, 6) is 0. The third kappa shape index (κ3) is 2.66. The minimum absolute atomic E-state index is 0.342. The zero-order valence-electron chi connectivity index (χ0n) is 13.2. The minimum Gasteiger partial charge on any atom is -0.219 e. The van der Waals surface area contributed by atoms with Crippen LogP contribution >= 0.6 is 11.8 Å².